The number of aromatic nitrogens is 1. The van der Waals surface area contributed by atoms with Crippen LogP contribution in [0.1, 0.15) is 16.1 Å². The predicted molar refractivity (Wildman–Crippen MR) is 40.6 cm³/mol. The molecule has 1 aromatic rings. The van der Waals surface area contributed by atoms with Crippen molar-refractivity contribution in [2.24, 2.45) is 5.73 Å². The van der Waals surface area contributed by atoms with E-state index in [1.165, 1.54) is 0 Å². The molecule has 7 heteroatoms. The quantitative estimate of drug-likeness (QED) is 0.701. The number of rotatable bonds is 1. The molecule has 0 aliphatic rings. The maximum Gasteiger partial charge on any atom is 0.416 e. The van der Waals surface area contributed by atoms with E-state index in [2.05, 4.69) is 0 Å². The highest BCUT2D eigenvalue weighted by Crippen LogP contribution is 2.28. The normalized spacial score (nSPS) is 11.4. The van der Waals surface area contributed by atoms with Gasteiger partial charge in [0.05, 0.1) is 5.56 Å². The summed E-state index contributed by atoms with van der Waals surface area (Å²) in [4.78, 5) is 23.1. The van der Waals surface area contributed by atoms with Crippen LogP contribution in [0.25, 0.3) is 0 Å². The van der Waals surface area contributed by atoms with E-state index in [1.807, 2.05) is 4.98 Å². The van der Waals surface area contributed by atoms with E-state index >= 15 is 0 Å². The molecular formula is C7H5F3N2O2. The van der Waals surface area contributed by atoms with Gasteiger partial charge in [-0.15, -0.1) is 0 Å². The van der Waals surface area contributed by atoms with Crippen molar-refractivity contribution in [3.8, 4) is 0 Å². The molecule has 3 N–H and O–H groups in total. The zero-order valence-corrected chi connectivity index (χ0v) is 6.68. The van der Waals surface area contributed by atoms with Crippen molar-refractivity contribution in [1.82, 2.24) is 4.98 Å². The molecule has 1 heterocycles. The minimum absolute atomic E-state index is 0.354. The Kier molecular flexibility index (Phi) is 2.33. The predicted octanol–water partition coefficient (Wildman–Crippen LogP) is 0.493. The third-order valence-electron chi connectivity index (χ3n) is 1.44. The monoisotopic (exact) mass is 206 g/mol. The molecule has 0 aliphatic carbocycles. The molecule has 0 spiro atoms. The van der Waals surface area contributed by atoms with Crippen molar-refractivity contribution in [3.05, 3.63) is 33.7 Å². The Bertz CT molecular complexity index is 422. The Morgan fingerprint density at radius 2 is 1.93 bits per heavy atom. The highest BCUT2D eigenvalue weighted by Gasteiger charge is 2.31. The number of amides is 1. The van der Waals surface area contributed by atoms with Crippen LogP contribution in [0.3, 0.4) is 0 Å². The van der Waals surface area contributed by atoms with Crippen LogP contribution in [0.4, 0.5) is 13.2 Å². The molecular weight excluding hydrogens is 201 g/mol. The van der Waals surface area contributed by atoms with Gasteiger partial charge in [0, 0.05) is 6.07 Å². The number of halogens is 3. The number of carbonyl (C=O) groups is 1. The van der Waals surface area contributed by atoms with Crippen LogP contribution in [0.2, 0.25) is 0 Å². The first-order chi connectivity index (χ1) is 6.30. The van der Waals surface area contributed by atoms with Crippen LogP contribution in [-0.2, 0) is 6.18 Å². The number of nitrogens with two attached hydrogens (primary N) is 1. The number of alkyl halides is 3. The van der Waals surface area contributed by atoms with Crippen LogP contribution in [-0.4, -0.2) is 10.9 Å². The molecule has 14 heavy (non-hydrogen) atoms. The molecule has 0 unspecified atom stereocenters. The Morgan fingerprint density at radius 3 is 2.36 bits per heavy atom. The van der Waals surface area contributed by atoms with Crippen molar-refractivity contribution in [3.63, 3.8) is 0 Å². The van der Waals surface area contributed by atoms with Crippen LogP contribution in [0.5, 0.6) is 0 Å². The SMILES string of the molecule is NC(=O)c1cc(C(F)(F)F)cc(=O)[nH]1. The van der Waals surface area contributed by atoms with Crippen molar-refractivity contribution >= 4 is 5.91 Å². The lowest BCUT2D eigenvalue weighted by molar-refractivity contribution is -0.137. The Hall–Kier alpha value is -1.79. The summed E-state index contributed by atoms with van der Waals surface area (Å²) in [6, 6.07) is 0.843. The topological polar surface area (TPSA) is 76.0 Å². The molecule has 1 amide bonds. The van der Waals surface area contributed by atoms with Gasteiger partial charge in [-0.25, -0.2) is 0 Å². The first-order valence-corrected chi connectivity index (χ1v) is 3.42. The molecule has 0 fully saturated rings. The zero-order valence-electron chi connectivity index (χ0n) is 6.68. The molecule has 76 valence electrons. The molecule has 0 atom stereocenters. The summed E-state index contributed by atoms with van der Waals surface area (Å²) in [5, 5.41) is 0. The minimum atomic E-state index is -4.67. The lowest BCUT2D eigenvalue weighted by Gasteiger charge is -2.06. The fourth-order valence-electron chi connectivity index (χ4n) is 0.840. The summed E-state index contributed by atoms with van der Waals surface area (Å²) < 4.78 is 36.3. The lowest BCUT2D eigenvalue weighted by atomic mass is 10.2. The summed E-state index contributed by atoms with van der Waals surface area (Å²) in [6.45, 7) is 0. The van der Waals surface area contributed by atoms with Crippen molar-refractivity contribution in [2.45, 2.75) is 6.18 Å². The van der Waals surface area contributed by atoms with Gasteiger partial charge in [-0.2, -0.15) is 13.2 Å². The Balaban J connectivity index is 3.35. The fourth-order valence-corrected chi connectivity index (χ4v) is 0.840. The number of hydrogen-bond donors (Lipinski definition) is 2. The summed E-state index contributed by atoms with van der Waals surface area (Å²) in [5.41, 5.74) is 1.93. The van der Waals surface area contributed by atoms with Gasteiger partial charge >= 0.3 is 6.18 Å². The van der Waals surface area contributed by atoms with Gasteiger partial charge in [-0.05, 0) is 6.07 Å². The summed E-state index contributed by atoms with van der Waals surface area (Å²) in [6.07, 6.45) is -4.67. The maximum absolute atomic E-state index is 12.1. The molecule has 4 nitrogen and oxygen atoms in total. The van der Waals surface area contributed by atoms with E-state index < -0.39 is 28.9 Å². The second-order valence-electron chi connectivity index (χ2n) is 2.51. The van der Waals surface area contributed by atoms with Gasteiger partial charge in [0.1, 0.15) is 5.69 Å². The van der Waals surface area contributed by atoms with E-state index in [1.54, 1.807) is 0 Å². The highest BCUT2D eigenvalue weighted by atomic mass is 19.4. The van der Waals surface area contributed by atoms with E-state index in [0.29, 0.717) is 12.1 Å². The van der Waals surface area contributed by atoms with Crippen LogP contribution < -0.4 is 11.3 Å². The molecule has 0 saturated heterocycles. The van der Waals surface area contributed by atoms with Gasteiger partial charge in [0.2, 0.25) is 5.56 Å². The van der Waals surface area contributed by atoms with E-state index in [0.717, 1.165) is 0 Å². The Morgan fingerprint density at radius 1 is 1.36 bits per heavy atom. The molecule has 0 radical (unpaired) electrons. The molecule has 0 aromatic carbocycles. The van der Waals surface area contributed by atoms with Crippen LogP contribution in [0.15, 0.2) is 16.9 Å². The van der Waals surface area contributed by atoms with E-state index in [4.69, 9.17) is 5.73 Å². The lowest BCUT2D eigenvalue weighted by Crippen LogP contribution is -2.21. The first kappa shape index (κ1) is 10.3. The Labute approximate surface area is 75.5 Å². The van der Waals surface area contributed by atoms with Gasteiger partial charge < -0.3 is 10.7 Å². The summed E-state index contributed by atoms with van der Waals surface area (Å²) in [7, 11) is 0. The van der Waals surface area contributed by atoms with Gasteiger partial charge in [0.15, 0.2) is 0 Å². The maximum atomic E-state index is 12.1. The van der Waals surface area contributed by atoms with Crippen molar-refractivity contribution < 1.29 is 18.0 Å². The van der Waals surface area contributed by atoms with E-state index in [-0.39, 0.29) is 0 Å². The number of H-pyrrole nitrogens is 1. The number of aromatic amines is 1. The number of hydrogen-bond acceptors (Lipinski definition) is 2. The first-order valence-electron chi connectivity index (χ1n) is 3.42. The third-order valence-corrected chi connectivity index (χ3v) is 1.44. The number of carbonyl (C=O) groups excluding carboxylic acids is 1. The highest BCUT2D eigenvalue weighted by molar-refractivity contribution is 5.90. The number of primary amides is 1. The zero-order chi connectivity index (χ0) is 10.9. The average molecular weight is 206 g/mol. The van der Waals surface area contributed by atoms with Crippen LogP contribution >= 0.6 is 0 Å². The third kappa shape index (κ3) is 2.12. The molecule has 0 aliphatic heterocycles. The molecule has 0 bridgehead atoms. The second kappa shape index (κ2) is 3.17. The standard InChI is InChI=1S/C7H5F3N2O2/c8-7(9,10)3-1-4(6(11)14)12-5(13)2-3/h1-2H,(H2,11,14)(H,12,13). The average Bonchev–Trinajstić information content (AvgIpc) is 2.01. The summed E-state index contributed by atoms with van der Waals surface area (Å²) >= 11 is 0. The smallest absolute Gasteiger partial charge is 0.364 e. The van der Waals surface area contributed by atoms with E-state index in [9.17, 15) is 22.8 Å². The molecule has 0 saturated carbocycles. The van der Waals surface area contributed by atoms with Crippen molar-refractivity contribution in [2.75, 3.05) is 0 Å². The summed E-state index contributed by atoms with van der Waals surface area (Å²) in [5.74, 6) is -1.12. The minimum Gasteiger partial charge on any atom is -0.364 e. The van der Waals surface area contributed by atoms with Gasteiger partial charge in [0.25, 0.3) is 5.91 Å². The second-order valence-corrected chi connectivity index (χ2v) is 2.51. The molecule has 1 aromatic heterocycles. The van der Waals surface area contributed by atoms with Crippen molar-refractivity contribution in [1.29, 1.82) is 0 Å². The van der Waals surface area contributed by atoms with Gasteiger partial charge in [-0.3, -0.25) is 9.59 Å². The van der Waals surface area contributed by atoms with Gasteiger partial charge in [-0.1, -0.05) is 0 Å². The molecule has 1 rings (SSSR count). The number of nitrogens with one attached hydrogen (secondary N) is 1. The number of pyridine rings is 1. The fraction of sp³-hybridized carbons (Fsp3) is 0.143. The largest absolute Gasteiger partial charge is 0.416 e. The van der Waals surface area contributed by atoms with Crippen LogP contribution in [0, 0.1) is 0 Å².